The van der Waals surface area contributed by atoms with Crippen LogP contribution in [0.1, 0.15) is 11.7 Å². The van der Waals surface area contributed by atoms with Crippen molar-refractivity contribution >= 4 is 0 Å². The first-order chi connectivity index (χ1) is 7.79. The van der Waals surface area contributed by atoms with Gasteiger partial charge in [-0.15, -0.1) is 0 Å². The van der Waals surface area contributed by atoms with E-state index in [2.05, 4.69) is 4.98 Å². The Hall–Kier alpha value is -1.97. The van der Waals surface area contributed by atoms with Crippen LogP contribution in [-0.2, 0) is 6.61 Å². The van der Waals surface area contributed by atoms with Gasteiger partial charge in [0.2, 0.25) is 0 Å². The number of methoxy groups -OCH3 is 1. The van der Waals surface area contributed by atoms with Gasteiger partial charge in [-0.2, -0.15) is 0 Å². The van der Waals surface area contributed by atoms with Gasteiger partial charge in [0.25, 0.3) is 0 Å². The Kier molecular flexibility index (Phi) is 3.10. The molecule has 0 saturated carbocycles. The Bertz CT molecular complexity index is 465. The lowest BCUT2D eigenvalue weighted by atomic mass is 10.3. The minimum Gasteiger partial charge on any atom is -0.493 e. The van der Waals surface area contributed by atoms with Gasteiger partial charge in [-0.3, -0.25) is 0 Å². The fourth-order valence-electron chi connectivity index (χ4n) is 1.36. The van der Waals surface area contributed by atoms with E-state index >= 15 is 0 Å². The summed E-state index contributed by atoms with van der Waals surface area (Å²) >= 11 is 0. The summed E-state index contributed by atoms with van der Waals surface area (Å²) in [6.45, 7) is 2.15. The highest BCUT2D eigenvalue weighted by Crippen LogP contribution is 2.26. The second-order valence-electron chi connectivity index (χ2n) is 3.29. The number of hydrogen-bond acceptors (Lipinski definition) is 4. The molecule has 0 unspecified atom stereocenters. The van der Waals surface area contributed by atoms with Crippen molar-refractivity contribution < 1.29 is 13.9 Å². The first kappa shape index (κ1) is 10.5. The van der Waals surface area contributed by atoms with E-state index in [0.717, 1.165) is 0 Å². The molecule has 0 spiro atoms. The normalized spacial score (nSPS) is 10.1. The fourth-order valence-corrected chi connectivity index (χ4v) is 1.36. The summed E-state index contributed by atoms with van der Waals surface area (Å²) < 4.78 is 16.0. The average molecular weight is 219 g/mol. The maximum atomic E-state index is 5.57. The standard InChI is InChI=1S/C12H13NO3/c1-9-13-7-10(16-9)8-15-12-6-4-3-5-11(12)14-2/h3-7H,8H2,1-2H3. The van der Waals surface area contributed by atoms with Gasteiger partial charge in [0.05, 0.1) is 13.3 Å². The van der Waals surface area contributed by atoms with Crippen LogP contribution >= 0.6 is 0 Å². The smallest absolute Gasteiger partial charge is 0.191 e. The van der Waals surface area contributed by atoms with Crippen LogP contribution in [0.3, 0.4) is 0 Å². The van der Waals surface area contributed by atoms with Gasteiger partial charge in [-0.25, -0.2) is 4.98 Å². The molecule has 2 aromatic rings. The molecule has 0 saturated heterocycles. The number of benzene rings is 1. The van der Waals surface area contributed by atoms with Gasteiger partial charge in [0.15, 0.2) is 23.1 Å². The molecule has 0 atom stereocenters. The molecule has 0 bridgehead atoms. The SMILES string of the molecule is COc1ccccc1OCc1cnc(C)o1. The quantitative estimate of drug-likeness (QED) is 0.792. The van der Waals surface area contributed by atoms with Gasteiger partial charge >= 0.3 is 0 Å². The van der Waals surface area contributed by atoms with E-state index in [1.54, 1.807) is 20.2 Å². The van der Waals surface area contributed by atoms with Crippen LogP contribution in [0, 0.1) is 6.92 Å². The summed E-state index contributed by atoms with van der Waals surface area (Å²) in [5.41, 5.74) is 0. The molecule has 4 nitrogen and oxygen atoms in total. The minimum absolute atomic E-state index is 0.348. The molecule has 2 rings (SSSR count). The van der Waals surface area contributed by atoms with E-state index in [0.29, 0.717) is 29.8 Å². The molecule has 1 heterocycles. The summed E-state index contributed by atoms with van der Waals surface area (Å²) in [6.07, 6.45) is 1.66. The molecule has 1 aromatic heterocycles. The first-order valence-corrected chi connectivity index (χ1v) is 4.96. The Labute approximate surface area is 93.8 Å². The number of nitrogens with zero attached hydrogens (tertiary/aromatic N) is 1. The Morgan fingerprint density at radius 1 is 1.25 bits per heavy atom. The molecular weight excluding hydrogens is 206 g/mol. The van der Waals surface area contributed by atoms with E-state index < -0.39 is 0 Å². The maximum Gasteiger partial charge on any atom is 0.191 e. The summed E-state index contributed by atoms with van der Waals surface area (Å²) in [6, 6.07) is 7.48. The van der Waals surface area contributed by atoms with Crippen LogP contribution in [0.5, 0.6) is 11.5 Å². The van der Waals surface area contributed by atoms with Gasteiger partial charge in [-0.05, 0) is 12.1 Å². The van der Waals surface area contributed by atoms with E-state index in [1.165, 1.54) is 0 Å². The third-order valence-electron chi connectivity index (χ3n) is 2.11. The van der Waals surface area contributed by atoms with Gasteiger partial charge in [0.1, 0.15) is 6.61 Å². The number of aromatic nitrogens is 1. The highest BCUT2D eigenvalue weighted by Gasteiger charge is 2.05. The number of para-hydroxylation sites is 2. The third kappa shape index (κ3) is 2.34. The van der Waals surface area contributed by atoms with E-state index in [1.807, 2.05) is 24.3 Å². The number of hydrogen-bond donors (Lipinski definition) is 0. The second-order valence-corrected chi connectivity index (χ2v) is 3.29. The molecule has 0 N–H and O–H groups in total. The third-order valence-corrected chi connectivity index (χ3v) is 2.11. The summed E-state index contributed by atoms with van der Waals surface area (Å²) in [4.78, 5) is 3.99. The zero-order valence-electron chi connectivity index (χ0n) is 9.27. The van der Waals surface area contributed by atoms with Crippen LogP contribution in [0.4, 0.5) is 0 Å². The number of aryl methyl sites for hydroxylation is 1. The average Bonchev–Trinajstić information content (AvgIpc) is 2.73. The molecule has 84 valence electrons. The van der Waals surface area contributed by atoms with Crippen LogP contribution in [0.2, 0.25) is 0 Å². The molecule has 0 fully saturated rings. The van der Waals surface area contributed by atoms with E-state index in [9.17, 15) is 0 Å². The van der Waals surface area contributed by atoms with Gasteiger partial charge < -0.3 is 13.9 Å². The lowest BCUT2D eigenvalue weighted by Gasteiger charge is -2.08. The molecule has 0 aliphatic carbocycles. The van der Waals surface area contributed by atoms with Crippen LogP contribution in [0.25, 0.3) is 0 Å². The molecule has 0 aliphatic heterocycles. The van der Waals surface area contributed by atoms with Crippen molar-refractivity contribution in [1.82, 2.24) is 4.98 Å². The zero-order valence-corrected chi connectivity index (χ0v) is 9.27. The number of oxazole rings is 1. The lowest BCUT2D eigenvalue weighted by Crippen LogP contribution is -1.96. The lowest BCUT2D eigenvalue weighted by molar-refractivity contribution is 0.254. The monoisotopic (exact) mass is 219 g/mol. The molecule has 4 heteroatoms. The number of ether oxygens (including phenoxy) is 2. The van der Waals surface area contributed by atoms with Crippen molar-refractivity contribution in [2.75, 3.05) is 7.11 Å². The molecule has 1 aromatic carbocycles. The van der Waals surface area contributed by atoms with Crippen LogP contribution in [0.15, 0.2) is 34.9 Å². The Morgan fingerprint density at radius 2 is 2.00 bits per heavy atom. The summed E-state index contributed by atoms with van der Waals surface area (Å²) in [5.74, 6) is 2.74. The van der Waals surface area contributed by atoms with Gasteiger partial charge in [-0.1, -0.05) is 12.1 Å². The first-order valence-electron chi connectivity index (χ1n) is 4.96. The minimum atomic E-state index is 0.348. The van der Waals surface area contributed by atoms with Gasteiger partial charge in [0, 0.05) is 6.92 Å². The predicted octanol–water partition coefficient (Wildman–Crippen LogP) is 2.57. The topological polar surface area (TPSA) is 44.5 Å². The second kappa shape index (κ2) is 4.70. The highest BCUT2D eigenvalue weighted by atomic mass is 16.5. The van der Waals surface area contributed by atoms with Crippen molar-refractivity contribution in [3.63, 3.8) is 0 Å². The molecule has 16 heavy (non-hydrogen) atoms. The van der Waals surface area contributed by atoms with Crippen molar-refractivity contribution in [2.45, 2.75) is 13.5 Å². The molecule has 0 radical (unpaired) electrons. The summed E-state index contributed by atoms with van der Waals surface area (Å²) in [7, 11) is 1.61. The van der Waals surface area contributed by atoms with Crippen LogP contribution in [-0.4, -0.2) is 12.1 Å². The van der Waals surface area contributed by atoms with Crippen LogP contribution < -0.4 is 9.47 Å². The summed E-state index contributed by atoms with van der Waals surface area (Å²) in [5, 5.41) is 0. The largest absolute Gasteiger partial charge is 0.493 e. The maximum absolute atomic E-state index is 5.57. The van der Waals surface area contributed by atoms with E-state index in [-0.39, 0.29) is 0 Å². The van der Waals surface area contributed by atoms with Crippen molar-refractivity contribution in [3.8, 4) is 11.5 Å². The molecule has 0 amide bonds. The van der Waals surface area contributed by atoms with Crippen molar-refractivity contribution in [1.29, 1.82) is 0 Å². The molecular formula is C12H13NO3. The highest BCUT2D eigenvalue weighted by molar-refractivity contribution is 5.39. The Morgan fingerprint density at radius 3 is 2.62 bits per heavy atom. The number of rotatable bonds is 4. The Balaban J connectivity index is 2.04. The molecule has 0 aliphatic rings. The zero-order chi connectivity index (χ0) is 11.4. The van der Waals surface area contributed by atoms with E-state index in [4.69, 9.17) is 13.9 Å². The fraction of sp³-hybridized carbons (Fsp3) is 0.250. The van der Waals surface area contributed by atoms with Crippen molar-refractivity contribution in [3.05, 3.63) is 42.1 Å². The van der Waals surface area contributed by atoms with Crippen molar-refractivity contribution in [2.24, 2.45) is 0 Å². The predicted molar refractivity (Wildman–Crippen MR) is 58.6 cm³/mol.